The summed E-state index contributed by atoms with van der Waals surface area (Å²) in [6.07, 6.45) is 1.84. The van der Waals surface area contributed by atoms with Gasteiger partial charge in [-0.05, 0) is 24.6 Å². The molecule has 3 nitrogen and oxygen atoms in total. The molecule has 0 saturated heterocycles. The number of pyridine rings is 1. The maximum Gasteiger partial charge on any atom is 0.229 e. The molecule has 1 N–H and O–H groups in total. The van der Waals surface area contributed by atoms with Crippen LogP contribution in [-0.4, -0.2) is 10.9 Å². The zero-order valence-corrected chi connectivity index (χ0v) is 10.7. The van der Waals surface area contributed by atoms with Gasteiger partial charge in [-0.15, -0.1) is 0 Å². The lowest BCUT2D eigenvalue weighted by atomic mass is 10.1. The molecule has 1 heterocycles. The predicted molar refractivity (Wildman–Crippen MR) is 72.8 cm³/mol. The molecular formula is C14H13ClN2O. The monoisotopic (exact) mass is 260 g/mol. The highest BCUT2D eigenvalue weighted by Crippen LogP contribution is 2.10. The van der Waals surface area contributed by atoms with E-state index in [2.05, 4.69) is 10.3 Å². The van der Waals surface area contributed by atoms with E-state index in [9.17, 15) is 4.79 Å². The molecule has 0 bridgehead atoms. The van der Waals surface area contributed by atoms with Crippen LogP contribution in [0.2, 0.25) is 5.02 Å². The molecule has 1 amide bonds. The second kappa shape index (κ2) is 5.65. The van der Waals surface area contributed by atoms with Crippen molar-refractivity contribution < 1.29 is 4.79 Å². The third-order valence-electron chi connectivity index (χ3n) is 2.44. The SMILES string of the molecule is Cc1cccc(CC(=O)Nc2ccc(Cl)cn2)c1. The van der Waals surface area contributed by atoms with Gasteiger partial charge in [0.25, 0.3) is 0 Å². The summed E-state index contributed by atoms with van der Waals surface area (Å²) in [5.74, 6) is 0.424. The highest BCUT2D eigenvalue weighted by Gasteiger charge is 2.04. The average molecular weight is 261 g/mol. The number of rotatable bonds is 3. The Morgan fingerprint density at radius 2 is 2.17 bits per heavy atom. The number of benzene rings is 1. The second-order valence-electron chi connectivity index (χ2n) is 4.08. The van der Waals surface area contributed by atoms with Crippen molar-refractivity contribution >= 4 is 23.3 Å². The lowest BCUT2D eigenvalue weighted by molar-refractivity contribution is -0.115. The number of hydrogen-bond donors (Lipinski definition) is 1. The van der Waals surface area contributed by atoms with Crippen LogP contribution in [0.1, 0.15) is 11.1 Å². The van der Waals surface area contributed by atoms with Crippen LogP contribution in [-0.2, 0) is 11.2 Å². The van der Waals surface area contributed by atoms with Crippen LogP contribution in [0.15, 0.2) is 42.6 Å². The molecule has 0 fully saturated rings. The van der Waals surface area contributed by atoms with E-state index >= 15 is 0 Å². The van der Waals surface area contributed by atoms with Crippen molar-refractivity contribution in [1.82, 2.24) is 4.98 Å². The molecule has 92 valence electrons. The molecule has 0 spiro atoms. The van der Waals surface area contributed by atoms with E-state index in [0.29, 0.717) is 17.3 Å². The van der Waals surface area contributed by atoms with Gasteiger partial charge in [-0.25, -0.2) is 4.98 Å². The maximum atomic E-state index is 11.8. The number of aromatic nitrogens is 1. The number of anilines is 1. The molecule has 4 heteroatoms. The Morgan fingerprint density at radius 3 is 2.83 bits per heavy atom. The van der Waals surface area contributed by atoms with E-state index in [4.69, 9.17) is 11.6 Å². The smallest absolute Gasteiger partial charge is 0.229 e. The first-order valence-electron chi connectivity index (χ1n) is 5.60. The number of hydrogen-bond acceptors (Lipinski definition) is 2. The van der Waals surface area contributed by atoms with Crippen LogP contribution in [0, 0.1) is 6.92 Å². The molecule has 1 aromatic heterocycles. The fraction of sp³-hybridized carbons (Fsp3) is 0.143. The van der Waals surface area contributed by atoms with Gasteiger partial charge in [-0.2, -0.15) is 0 Å². The molecule has 0 aliphatic carbocycles. The van der Waals surface area contributed by atoms with Crippen LogP contribution in [0.4, 0.5) is 5.82 Å². The molecule has 0 saturated carbocycles. The minimum atomic E-state index is -0.0876. The van der Waals surface area contributed by atoms with Gasteiger partial charge in [0.1, 0.15) is 5.82 Å². The average Bonchev–Trinajstić information content (AvgIpc) is 2.32. The molecule has 0 aliphatic heterocycles. The van der Waals surface area contributed by atoms with Gasteiger partial charge in [0.2, 0.25) is 5.91 Å². The number of nitrogens with one attached hydrogen (secondary N) is 1. The summed E-state index contributed by atoms with van der Waals surface area (Å²) in [5, 5.41) is 3.28. The van der Waals surface area contributed by atoms with Gasteiger partial charge in [0, 0.05) is 6.20 Å². The highest BCUT2D eigenvalue weighted by atomic mass is 35.5. The Kier molecular flexibility index (Phi) is 3.95. The van der Waals surface area contributed by atoms with Crippen molar-refractivity contribution in [3.63, 3.8) is 0 Å². The minimum absolute atomic E-state index is 0.0876. The number of carbonyl (C=O) groups excluding carboxylic acids is 1. The fourth-order valence-corrected chi connectivity index (χ4v) is 1.76. The van der Waals surface area contributed by atoms with E-state index in [1.54, 1.807) is 12.1 Å². The van der Waals surface area contributed by atoms with Crippen LogP contribution >= 0.6 is 11.6 Å². The first-order chi connectivity index (χ1) is 8.63. The van der Waals surface area contributed by atoms with E-state index in [1.807, 2.05) is 31.2 Å². The van der Waals surface area contributed by atoms with E-state index < -0.39 is 0 Å². The number of carbonyl (C=O) groups is 1. The Bertz CT molecular complexity index is 552. The van der Waals surface area contributed by atoms with Gasteiger partial charge in [0.15, 0.2) is 0 Å². The minimum Gasteiger partial charge on any atom is -0.310 e. The molecule has 0 atom stereocenters. The molecule has 2 rings (SSSR count). The second-order valence-corrected chi connectivity index (χ2v) is 4.51. The molecule has 0 unspecified atom stereocenters. The summed E-state index contributed by atoms with van der Waals surface area (Å²) in [4.78, 5) is 15.8. The van der Waals surface area contributed by atoms with E-state index in [-0.39, 0.29) is 5.91 Å². The number of aryl methyl sites for hydroxylation is 1. The van der Waals surface area contributed by atoms with Gasteiger partial charge < -0.3 is 5.32 Å². The summed E-state index contributed by atoms with van der Waals surface area (Å²) in [6.45, 7) is 2.00. The Balaban J connectivity index is 1.98. The van der Waals surface area contributed by atoms with Gasteiger partial charge >= 0.3 is 0 Å². The van der Waals surface area contributed by atoms with Crippen LogP contribution in [0.5, 0.6) is 0 Å². The summed E-state index contributed by atoms with van der Waals surface area (Å²) in [7, 11) is 0. The predicted octanol–water partition coefficient (Wildman–Crippen LogP) is 3.22. The Morgan fingerprint density at radius 1 is 1.33 bits per heavy atom. The number of amides is 1. The molecule has 18 heavy (non-hydrogen) atoms. The van der Waals surface area contributed by atoms with E-state index in [0.717, 1.165) is 11.1 Å². The summed E-state index contributed by atoms with van der Waals surface area (Å²) in [6, 6.07) is 11.2. The standard InChI is InChI=1S/C14H13ClN2O/c1-10-3-2-4-11(7-10)8-14(18)17-13-6-5-12(15)9-16-13/h2-7,9H,8H2,1H3,(H,16,17,18). The van der Waals surface area contributed by atoms with Crippen molar-refractivity contribution in [3.8, 4) is 0 Å². The van der Waals surface area contributed by atoms with Crippen LogP contribution in [0.25, 0.3) is 0 Å². The zero-order valence-electron chi connectivity index (χ0n) is 9.98. The fourth-order valence-electron chi connectivity index (χ4n) is 1.64. The van der Waals surface area contributed by atoms with Crippen LogP contribution in [0.3, 0.4) is 0 Å². The highest BCUT2D eigenvalue weighted by molar-refractivity contribution is 6.30. The summed E-state index contributed by atoms with van der Waals surface area (Å²) < 4.78 is 0. The Labute approximate surface area is 111 Å². The van der Waals surface area contributed by atoms with Crippen LogP contribution < -0.4 is 5.32 Å². The van der Waals surface area contributed by atoms with Gasteiger partial charge in [-0.1, -0.05) is 41.4 Å². The number of halogens is 1. The summed E-state index contributed by atoms with van der Waals surface area (Å²) >= 11 is 5.72. The lowest BCUT2D eigenvalue weighted by Gasteiger charge is -2.05. The number of nitrogens with zero attached hydrogens (tertiary/aromatic N) is 1. The Hall–Kier alpha value is -1.87. The molecule has 0 radical (unpaired) electrons. The van der Waals surface area contributed by atoms with Gasteiger partial charge in [0.05, 0.1) is 11.4 Å². The van der Waals surface area contributed by atoms with Crippen molar-refractivity contribution in [3.05, 3.63) is 58.7 Å². The largest absolute Gasteiger partial charge is 0.310 e. The molecule has 2 aromatic rings. The van der Waals surface area contributed by atoms with Crippen molar-refractivity contribution in [2.75, 3.05) is 5.32 Å². The quantitative estimate of drug-likeness (QED) is 0.921. The maximum absolute atomic E-state index is 11.8. The molecule has 1 aromatic carbocycles. The first-order valence-corrected chi connectivity index (χ1v) is 5.98. The van der Waals surface area contributed by atoms with E-state index in [1.165, 1.54) is 6.20 Å². The molecular weight excluding hydrogens is 248 g/mol. The lowest BCUT2D eigenvalue weighted by Crippen LogP contribution is -2.15. The van der Waals surface area contributed by atoms with Crippen molar-refractivity contribution in [2.24, 2.45) is 0 Å². The topological polar surface area (TPSA) is 42.0 Å². The third kappa shape index (κ3) is 3.57. The first kappa shape index (κ1) is 12.6. The zero-order chi connectivity index (χ0) is 13.0. The third-order valence-corrected chi connectivity index (χ3v) is 2.67. The molecule has 0 aliphatic rings. The van der Waals surface area contributed by atoms with Gasteiger partial charge in [-0.3, -0.25) is 4.79 Å². The van der Waals surface area contributed by atoms with Crippen molar-refractivity contribution in [2.45, 2.75) is 13.3 Å². The normalized spacial score (nSPS) is 10.1. The summed E-state index contributed by atoms with van der Waals surface area (Å²) in [5.41, 5.74) is 2.13. The van der Waals surface area contributed by atoms with Crippen molar-refractivity contribution in [1.29, 1.82) is 0 Å².